The second kappa shape index (κ2) is 7.95. The Morgan fingerprint density at radius 3 is 2.67 bits per heavy atom. The van der Waals surface area contributed by atoms with Crippen LogP contribution in [0.4, 0.5) is 0 Å². The average Bonchev–Trinajstić information content (AvgIpc) is 3.12. The van der Waals surface area contributed by atoms with Gasteiger partial charge in [-0.3, -0.25) is 14.3 Å². The van der Waals surface area contributed by atoms with Crippen molar-refractivity contribution in [3.05, 3.63) is 91.3 Å². The molecule has 0 spiro atoms. The van der Waals surface area contributed by atoms with Gasteiger partial charge in [-0.05, 0) is 47.8 Å². The van der Waals surface area contributed by atoms with Crippen LogP contribution in [0, 0.1) is 4.77 Å². The monoisotopic (exact) mass is 433 g/mol. The molecule has 3 heterocycles. The minimum absolute atomic E-state index is 0.00339. The molecule has 1 N–H and O–H groups in total. The molecular formula is C24H23N3OS2. The van der Waals surface area contributed by atoms with E-state index in [1.165, 1.54) is 16.0 Å². The van der Waals surface area contributed by atoms with E-state index in [0.717, 1.165) is 53.9 Å². The highest BCUT2D eigenvalue weighted by atomic mass is 32.1. The second-order valence-electron chi connectivity index (χ2n) is 7.71. The number of rotatable bonds is 4. The van der Waals surface area contributed by atoms with Gasteiger partial charge in [0.05, 0.1) is 11.1 Å². The highest BCUT2D eigenvalue weighted by molar-refractivity contribution is 7.71. The molecule has 0 fully saturated rings. The third-order valence-corrected chi connectivity index (χ3v) is 7.26. The van der Waals surface area contributed by atoms with Crippen LogP contribution in [0.1, 0.15) is 28.5 Å². The predicted octanol–water partition coefficient (Wildman–Crippen LogP) is 5.23. The van der Waals surface area contributed by atoms with Gasteiger partial charge in [-0.2, -0.15) is 0 Å². The third kappa shape index (κ3) is 3.35. The van der Waals surface area contributed by atoms with Crippen LogP contribution in [0.25, 0.3) is 15.9 Å². The Balaban J connectivity index is 1.58. The average molecular weight is 434 g/mol. The molecule has 0 saturated carbocycles. The van der Waals surface area contributed by atoms with Gasteiger partial charge in [0.25, 0.3) is 5.56 Å². The van der Waals surface area contributed by atoms with Gasteiger partial charge in [-0.25, -0.2) is 0 Å². The zero-order chi connectivity index (χ0) is 20.7. The number of benzene rings is 2. The molecule has 0 unspecified atom stereocenters. The smallest absolute Gasteiger partial charge is 0.267 e. The molecule has 6 heteroatoms. The lowest BCUT2D eigenvalue weighted by molar-refractivity contribution is 0.249. The summed E-state index contributed by atoms with van der Waals surface area (Å²) in [4.78, 5) is 21.6. The second-order valence-corrected chi connectivity index (χ2v) is 9.20. The van der Waals surface area contributed by atoms with E-state index in [1.54, 1.807) is 15.9 Å². The van der Waals surface area contributed by atoms with Crippen LogP contribution in [-0.4, -0.2) is 21.0 Å². The number of H-pyrrole nitrogens is 1. The summed E-state index contributed by atoms with van der Waals surface area (Å²) in [6.07, 6.45) is 1.74. The topological polar surface area (TPSA) is 41.0 Å². The van der Waals surface area contributed by atoms with Gasteiger partial charge in [-0.1, -0.05) is 55.5 Å². The molecule has 30 heavy (non-hydrogen) atoms. The van der Waals surface area contributed by atoms with Gasteiger partial charge >= 0.3 is 0 Å². The van der Waals surface area contributed by atoms with Crippen molar-refractivity contribution in [3.8, 4) is 5.69 Å². The van der Waals surface area contributed by atoms with Crippen LogP contribution < -0.4 is 5.56 Å². The number of thiophene rings is 1. The van der Waals surface area contributed by atoms with Crippen molar-refractivity contribution >= 4 is 33.8 Å². The van der Waals surface area contributed by atoms with Crippen molar-refractivity contribution in [2.24, 2.45) is 0 Å². The summed E-state index contributed by atoms with van der Waals surface area (Å²) in [6.45, 7) is 4.85. The van der Waals surface area contributed by atoms with Gasteiger partial charge in [0.2, 0.25) is 0 Å². The normalized spacial score (nSPS) is 14.2. The lowest BCUT2D eigenvalue weighted by Gasteiger charge is -2.26. The van der Waals surface area contributed by atoms with Crippen molar-refractivity contribution in [3.63, 3.8) is 0 Å². The number of para-hydroxylation sites is 1. The van der Waals surface area contributed by atoms with Crippen molar-refractivity contribution in [1.82, 2.24) is 14.5 Å². The quantitative estimate of drug-likeness (QED) is 0.448. The fourth-order valence-electron chi connectivity index (χ4n) is 4.35. The zero-order valence-corrected chi connectivity index (χ0v) is 18.5. The summed E-state index contributed by atoms with van der Waals surface area (Å²) >= 11 is 7.29. The highest BCUT2D eigenvalue weighted by Crippen LogP contribution is 2.33. The first kappa shape index (κ1) is 19.4. The van der Waals surface area contributed by atoms with Crippen molar-refractivity contribution in [1.29, 1.82) is 0 Å². The first-order valence-corrected chi connectivity index (χ1v) is 11.5. The van der Waals surface area contributed by atoms with Crippen LogP contribution in [0.15, 0.2) is 59.4 Å². The molecule has 152 valence electrons. The minimum Gasteiger partial charge on any atom is -0.323 e. The number of nitrogens with one attached hydrogen (secondary N) is 1. The molecule has 1 aliphatic rings. The predicted molar refractivity (Wildman–Crippen MR) is 126 cm³/mol. The molecule has 0 atom stereocenters. The fraction of sp³-hybridized carbons (Fsp3) is 0.250. The van der Waals surface area contributed by atoms with E-state index in [2.05, 4.69) is 47.1 Å². The van der Waals surface area contributed by atoms with Crippen LogP contribution in [0.5, 0.6) is 0 Å². The number of aromatic amines is 1. The number of hydrogen-bond acceptors (Lipinski definition) is 4. The van der Waals surface area contributed by atoms with Crippen LogP contribution in [0.2, 0.25) is 0 Å². The summed E-state index contributed by atoms with van der Waals surface area (Å²) in [5.74, 6) is 0. The Morgan fingerprint density at radius 2 is 1.87 bits per heavy atom. The van der Waals surface area contributed by atoms with E-state index < -0.39 is 0 Å². The molecule has 0 bridgehead atoms. The van der Waals surface area contributed by atoms with Crippen LogP contribution in [0.3, 0.4) is 0 Å². The molecule has 2 aromatic carbocycles. The Morgan fingerprint density at radius 1 is 1.10 bits per heavy atom. The molecule has 5 rings (SSSR count). The largest absolute Gasteiger partial charge is 0.323 e. The summed E-state index contributed by atoms with van der Waals surface area (Å²) in [7, 11) is 0. The number of hydrogen-bond donors (Lipinski definition) is 1. The standard InChI is InChI=1S/C24H23N3OS2/c1-2-17-10-6-7-11-19(17)27-23(28)21-18-12-13-26(14-16-8-4-3-5-9-16)15-20(18)30-22(21)25-24(27)29/h3-11H,2,12-15H2,1H3,(H,25,29). The molecule has 2 aromatic heterocycles. The lowest BCUT2D eigenvalue weighted by atomic mass is 10.0. The van der Waals surface area contributed by atoms with Gasteiger partial charge in [0, 0.05) is 24.5 Å². The minimum atomic E-state index is 0.00339. The molecule has 1 aliphatic heterocycles. The first-order chi connectivity index (χ1) is 14.7. The number of fused-ring (bicyclic) bond motifs is 3. The van der Waals surface area contributed by atoms with Gasteiger partial charge in [0.15, 0.2) is 4.77 Å². The van der Waals surface area contributed by atoms with Gasteiger partial charge in [-0.15, -0.1) is 11.3 Å². The maximum absolute atomic E-state index is 13.6. The van der Waals surface area contributed by atoms with Crippen LogP contribution in [-0.2, 0) is 25.9 Å². The van der Waals surface area contributed by atoms with Crippen LogP contribution >= 0.6 is 23.6 Å². The number of aryl methyl sites for hydroxylation is 1. The molecule has 4 nitrogen and oxygen atoms in total. The van der Waals surface area contributed by atoms with E-state index in [1.807, 2.05) is 24.3 Å². The molecule has 0 saturated heterocycles. The SMILES string of the molecule is CCc1ccccc1-n1c(=S)[nH]c2sc3c(c2c1=O)CCN(Cc1ccccc1)C3. The Labute approximate surface area is 184 Å². The zero-order valence-electron chi connectivity index (χ0n) is 16.9. The van der Waals surface area contributed by atoms with Crippen molar-refractivity contribution in [2.45, 2.75) is 32.9 Å². The lowest BCUT2D eigenvalue weighted by Crippen LogP contribution is -2.30. The van der Waals surface area contributed by atoms with Gasteiger partial charge in [0.1, 0.15) is 4.83 Å². The molecule has 4 aromatic rings. The Bertz CT molecular complexity index is 1330. The number of aromatic nitrogens is 2. The number of nitrogens with zero attached hydrogens (tertiary/aromatic N) is 2. The third-order valence-electron chi connectivity index (χ3n) is 5.84. The highest BCUT2D eigenvalue weighted by Gasteiger charge is 2.24. The van der Waals surface area contributed by atoms with Crippen molar-refractivity contribution in [2.75, 3.05) is 6.54 Å². The Kier molecular flexibility index (Phi) is 5.15. The molecular weight excluding hydrogens is 410 g/mol. The van der Waals surface area contributed by atoms with E-state index in [-0.39, 0.29) is 5.56 Å². The Hall–Kier alpha value is -2.54. The summed E-state index contributed by atoms with van der Waals surface area (Å²) < 4.78 is 2.15. The first-order valence-electron chi connectivity index (χ1n) is 10.3. The molecule has 0 amide bonds. The molecule has 0 aliphatic carbocycles. The summed E-state index contributed by atoms with van der Waals surface area (Å²) in [5.41, 5.74) is 4.52. The molecule has 0 radical (unpaired) electrons. The van der Waals surface area contributed by atoms with E-state index in [0.29, 0.717) is 4.77 Å². The van der Waals surface area contributed by atoms with Crippen molar-refractivity contribution < 1.29 is 0 Å². The fourth-order valence-corrected chi connectivity index (χ4v) is 5.98. The van der Waals surface area contributed by atoms with E-state index >= 15 is 0 Å². The summed E-state index contributed by atoms with van der Waals surface area (Å²) in [6, 6.07) is 18.6. The van der Waals surface area contributed by atoms with Gasteiger partial charge < -0.3 is 4.98 Å². The van der Waals surface area contributed by atoms with E-state index in [4.69, 9.17) is 12.2 Å². The van der Waals surface area contributed by atoms with E-state index in [9.17, 15) is 4.79 Å². The maximum Gasteiger partial charge on any atom is 0.267 e. The summed E-state index contributed by atoms with van der Waals surface area (Å²) in [5, 5.41) is 0.814. The maximum atomic E-state index is 13.6.